The van der Waals surface area contributed by atoms with Crippen molar-refractivity contribution in [2.75, 3.05) is 29.8 Å². The van der Waals surface area contributed by atoms with Gasteiger partial charge in [-0.05, 0) is 79.9 Å². The number of nitrogens with one attached hydrogen (secondary N) is 1. The Hall–Kier alpha value is -3.57. The van der Waals surface area contributed by atoms with Crippen molar-refractivity contribution in [3.8, 4) is 10.6 Å². The first-order chi connectivity index (χ1) is 19.9. The predicted molar refractivity (Wildman–Crippen MR) is 167 cm³/mol. The Balaban J connectivity index is 1.18. The zero-order chi connectivity index (χ0) is 28.1. The number of carbonyl (C=O) groups excluding carboxylic acids is 1. The van der Waals surface area contributed by atoms with Crippen LogP contribution in [0.5, 0.6) is 0 Å². The van der Waals surface area contributed by atoms with E-state index in [1.54, 1.807) is 34.8 Å². The molecule has 3 aromatic carbocycles. The van der Waals surface area contributed by atoms with E-state index in [4.69, 9.17) is 4.98 Å². The summed E-state index contributed by atoms with van der Waals surface area (Å²) in [5, 5.41) is 4.84. The molecule has 0 aliphatic carbocycles. The number of amides is 1. The fourth-order valence-corrected chi connectivity index (χ4v) is 9.63. The molecule has 0 bridgehead atoms. The standard InChI is InChI=1S/C31H28N4O3S3/c1-34-18-16-23-27(19-34)40-31(28(23)30-32-24-9-3-5-11-26(24)39-30)33-29(36)21-12-14-22(15-13-21)41(37,38)35-17-6-8-20-7-2-4-10-25(20)35/h2-5,7,9-15H,6,8,16-19H2,1H3,(H,33,36). The van der Waals surface area contributed by atoms with Crippen molar-refractivity contribution in [3.63, 3.8) is 0 Å². The van der Waals surface area contributed by atoms with Gasteiger partial charge in [0.1, 0.15) is 10.0 Å². The van der Waals surface area contributed by atoms with E-state index in [1.165, 1.54) is 26.9 Å². The number of thiazole rings is 1. The minimum absolute atomic E-state index is 0.176. The average molecular weight is 601 g/mol. The molecular formula is C31H28N4O3S3. The second-order valence-electron chi connectivity index (χ2n) is 10.5. The molecule has 4 heterocycles. The van der Waals surface area contributed by atoms with Crippen LogP contribution in [0, 0.1) is 0 Å². The van der Waals surface area contributed by atoms with Crippen molar-refractivity contribution in [2.24, 2.45) is 0 Å². The summed E-state index contributed by atoms with van der Waals surface area (Å²) >= 11 is 3.24. The number of sulfonamides is 1. The van der Waals surface area contributed by atoms with E-state index in [-0.39, 0.29) is 10.8 Å². The molecule has 41 heavy (non-hydrogen) atoms. The van der Waals surface area contributed by atoms with Crippen molar-refractivity contribution in [1.29, 1.82) is 0 Å². The molecule has 208 valence electrons. The van der Waals surface area contributed by atoms with Gasteiger partial charge < -0.3 is 10.2 Å². The van der Waals surface area contributed by atoms with Crippen molar-refractivity contribution in [3.05, 3.63) is 94.4 Å². The van der Waals surface area contributed by atoms with Gasteiger partial charge in [-0.1, -0.05) is 30.3 Å². The van der Waals surface area contributed by atoms with E-state index in [0.29, 0.717) is 12.1 Å². The number of thiophene rings is 1. The summed E-state index contributed by atoms with van der Waals surface area (Å²) in [5.41, 5.74) is 5.39. The lowest BCUT2D eigenvalue weighted by atomic mass is 10.0. The first kappa shape index (κ1) is 26.3. The third kappa shape index (κ3) is 4.74. The number of aromatic nitrogens is 1. The Morgan fingerprint density at radius 3 is 2.54 bits per heavy atom. The molecule has 0 fully saturated rings. The van der Waals surface area contributed by atoms with Crippen LogP contribution in [0.4, 0.5) is 10.7 Å². The number of para-hydroxylation sites is 2. The number of fused-ring (bicyclic) bond motifs is 3. The van der Waals surface area contributed by atoms with Crippen LogP contribution >= 0.6 is 22.7 Å². The molecule has 0 atom stereocenters. The van der Waals surface area contributed by atoms with Gasteiger partial charge in [-0.2, -0.15) is 0 Å². The lowest BCUT2D eigenvalue weighted by molar-refractivity contribution is 0.102. The average Bonchev–Trinajstić information content (AvgIpc) is 3.57. The maximum Gasteiger partial charge on any atom is 0.264 e. The van der Waals surface area contributed by atoms with Gasteiger partial charge in [0, 0.05) is 35.6 Å². The Morgan fingerprint density at radius 1 is 0.927 bits per heavy atom. The second-order valence-corrected chi connectivity index (χ2v) is 14.5. The van der Waals surface area contributed by atoms with Crippen molar-refractivity contribution < 1.29 is 13.2 Å². The van der Waals surface area contributed by atoms with E-state index in [1.807, 2.05) is 42.5 Å². The quantitative estimate of drug-likeness (QED) is 0.252. The Kier molecular flexibility index (Phi) is 6.66. The fourth-order valence-electron chi connectivity index (χ4n) is 5.65. The minimum atomic E-state index is -3.75. The van der Waals surface area contributed by atoms with E-state index in [9.17, 15) is 13.2 Å². The topological polar surface area (TPSA) is 82.6 Å². The van der Waals surface area contributed by atoms with Gasteiger partial charge in [-0.15, -0.1) is 22.7 Å². The largest absolute Gasteiger partial charge is 0.313 e. The monoisotopic (exact) mass is 600 g/mol. The number of anilines is 2. The molecular weight excluding hydrogens is 573 g/mol. The van der Waals surface area contributed by atoms with Gasteiger partial charge >= 0.3 is 0 Å². The van der Waals surface area contributed by atoms with Gasteiger partial charge in [0.05, 0.1) is 20.8 Å². The summed E-state index contributed by atoms with van der Waals surface area (Å²) in [6, 6.07) is 22.0. The molecule has 0 saturated carbocycles. The van der Waals surface area contributed by atoms with E-state index < -0.39 is 10.0 Å². The number of hydrogen-bond acceptors (Lipinski definition) is 7. The maximum absolute atomic E-state index is 13.6. The van der Waals surface area contributed by atoms with Crippen LogP contribution in [-0.4, -0.2) is 44.3 Å². The lowest BCUT2D eigenvalue weighted by Crippen LogP contribution is -2.35. The first-order valence-corrected chi connectivity index (χ1v) is 16.7. The van der Waals surface area contributed by atoms with Crippen molar-refractivity contribution in [2.45, 2.75) is 30.7 Å². The van der Waals surface area contributed by atoms with Gasteiger partial charge in [0.2, 0.25) is 0 Å². The highest BCUT2D eigenvalue weighted by Crippen LogP contribution is 2.45. The summed E-state index contributed by atoms with van der Waals surface area (Å²) in [7, 11) is -1.64. The zero-order valence-electron chi connectivity index (χ0n) is 22.5. The highest BCUT2D eigenvalue weighted by molar-refractivity contribution is 7.92. The molecule has 10 heteroatoms. The smallest absolute Gasteiger partial charge is 0.264 e. The van der Waals surface area contributed by atoms with Crippen LogP contribution in [0.2, 0.25) is 0 Å². The molecule has 2 aliphatic rings. The molecule has 1 N–H and O–H groups in total. The van der Waals surface area contributed by atoms with Crippen LogP contribution in [0.25, 0.3) is 20.8 Å². The van der Waals surface area contributed by atoms with Crippen LogP contribution in [-0.2, 0) is 29.4 Å². The molecule has 0 saturated heterocycles. The highest BCUT2D eigenvalue weighted by atomic mass is 32.2. The predicted octanol–water partition coefficient (Wildman–Crippen LogP) is 6.41. The van der Waals surface area contributed by atoms with E-state index in [2.05, 4.69) is 23.3 Å². The van der Waals surface area contributed by atoms with Gasteiger partial charge in [0.25, 0.3) is 15.9 Å². The van der Waals surface area contributed by atoms with Gasteiger partial charge in [0.15, 0.2) is 0 Å². The summed E-state index contributed by atoms with van der Waals surface area (Å²) in [5.74, 6) is -0.272. The summed E-state index contributed by atoms with van der Waals surface area (Å²) in [6.45, 7) is 2.22. The van der Waals surface area contributed by atoms with E-state index in [0.717, 1.165) is 69.4 Å². The normalized spacial score (nSPS) is 15.5. The fraction of sp³-hybridized carbons (Fsp3) is 0.226. The number of hydrogen-bond donors (Lipinski definition) is 1. The highest BCUT2D eigenvalue weighted by Gasteiger charge is 2.30. The first-order valence-electron chi connectivity index (χ1n) is 13.6. The maximum atomic E-state index is 13.6. The molecule has 7 rings (SSSR count). The molecule has 2 aliphatic heterocycles. The number of rotatable bonds is 5. The lowest BCUT2D eigenvalue weighted by Gasteiger charge is -2.30. The number of likely N-dealkylation sites (N-methyl/N-ethyl adjacent to an activating group) is 1. The molecule has 1 amide bonds. The number of aryl methyl sites for hydroxylation is 1. The molecule has 0 spiro atoms. The van der Waals surface area contributed by atoms with Crippen molar-refractivity contribution >= 4 is 59.5 Å². The van der Waals surface area contributed by atoms with Crippen LogP contribution in [0.15, 0.2) is 77.7 Å². The van der Waals surface area contributed by atoms with Crippen LogP contribution in [0.1, 0.15) is 32.8 Å². The van der Waals surface area contributed by atoms with Crippen LogP contribution in [0.3, 0.4) is 0 Å². The third-order valence-electron chi connectivity index (χ3n) is 7.75. The third-order valence-corrected chi connectivity index (χ3v) is 11.8. The Bertz CT molecular complexity index is 1860. The Morgan fingerprint density at radius 2 is 1.71 bits per heavy atom. The molecule has 0 unspecified atom stereocenters. The SMILES string of the molecule is CN1CCc2c(sc(NC(=O)c3ccc(S(=O)(=O)N4CCCc5ccccc54)cc3)c2-c2nc3ccccc3s2)C1. The molecule has 7 nitrogen and oxygen atoms in total. The minimum Gasteiger partial charge on any atom is -0.313 e. The molecule has 5 aromatic rings. The van der Waals surface area contributed by atoms with Crippen LogP contribution < -0.4 is 9.62 Å². The van der Waals surface area contributed by atoms with E-state index >= 15 is 0 Å². The second kappa shape index (κ2) is 10.4. The number of benzene rings is 3. The summed E-state index contributed by atoms with van der Waals surface area (Å²) in [6.07, 6.45) is 2.53. The molecule has 2 aromatic heterocycles. The zero-order valence-corrected chi connectivity index (χ0v) is 24.9. The summed E-state index contributed by atoms with van der Waals surface area (Å²) < 4.78 is 29.7. The van der Waals surface area contributed by atoms with Gasteiger partial charge in [-0.25, -0.2) is 13.4 Å². The van der Waals surface area contributed by atoms with Gasteiger partial charge in [-0.3, -0.25) is 9.10 Å². The number of nitrogens with zero attached hydrogens (tertiary/aromatic N) is 3. The molecule has 0 radical (unpaired) electrons. The van der Waals surface area contributed by atoms with Crippen molar-refractivity contribution in [1.82, 2.24) is 9.88 Å². The summed E-state index contributed by atoms with van der Waals surface area (Å²) in [4.78, 5) is 22.1. The number of carbonyl (C=O) groups is 1. The Labute approximate surface area is 247 Å².